The molecule has 29 heavy (non-hydrogen) atoms. The average Bonchev–Trinajstić information content (AvgIpc) is 3.04. The van der Waals surface area contributed by atoms with E-state index in [1.807, 2.05) is 57.2 Å². The Morgan fingerprint density at radius 2 is 1.69 bits per heavy atom. The Morgan fingerprint density at radius 3 is 2.31 bits per heavy atom. The molecule has 1 aromatic heterocycles. The molecule has 0 aliphatic rings. The predicted molar refractivity (Wildman–Crippen MR) is 114 cm³/mol. The molecule has 3 aromatic rings. The summed E-state index contributed by atoms with van der Waals surface area (Å²) in [6, 6.07) is 18.2. The molecular weight excluding hydrogens is 388 g/mol. The molecule has 1 heterocycles. The van der Waals surface area contributed by atoms with Crippen molar-refractivity contribution in [2.75, 3.05) is 6.61 Å². The van der Waals surface area contributed by atoms with Crippen molar-refractivity contribution in [2.24, 2.45) is 0 Å². The Balaban J connectivity index is 1.56. The summed E-state index contributed by atoms with van der Waals surface area (Å²) in [5.74, 6) is -0.913. The minimum Gasteiger partial charge on any atom is -0.452 e. The number of nitrogens with one attached hydrogen (secondary N) is 1. The number of hydrogen-bond donors (Lipinski definition) is 1. The van der Waals surface area contributed by atoms with Crippen molar-refractivity contribution in [1.29, 1.82) is 0 Å². The van der Waals surface area contributed by atoms with E-state index in [0.29, 0.717) is 10.6 Å². The van der Waals surface area contributed by atoms with Gasteiger partial charge in [0.25, 0.3) is 5.91 Å². The molecular formula is C23H23ClN2O3. The maximum atomic E-state index is 12.3. The maximum absolute atomic E-state index is 12.3. The summed E-state index contributed by atoms with van der Waals surface area (Å²) in [5, 5.41) is 3.39. The van der Waals surface area contributed by atoms with E-state index >= 15 is 0 Å². The van der Waals surface area contributed by atoms with E-state index in [1.165, 1.54) is 0 Å². The van der Waals surface area contributed by atoms with Crippen molar-refractivity contribution < 1.29 is 14.3 Å². The average molecular weight is 411 g/mol. The van der Waals surface area contributed by atoms with E-state index in [9.17, 15) is 9.59 Å². The summed E-state index contributed by atoms with van der Waals surface area (Å²) in [6.07, 6.45) is 0. The number of aromatic nitrogens is 1. The van der Waals surface area contributed by atoms with Crippen molar-refractivity contribution in [2.45, 2.75) is 26.8 Å². The van der Waals surface area contributed by atoms with Gasteiger partial charge in [0.15, 0.2) is 6.61 Å². The second-order valence-corrected chi connectivity index (χ2v) is 7.36. The third-order valence-electron chi connectivity index (χ3n) is 4.69. The largest absolute Gasteiger partial charge is 0.452 e. The van der Waals surface area contributed by atoms with Crippen LogP contribution in [0, 0.1) is 13.8 Å². The van der Waals surface area contributed by atoms with E-state index < -0.39 is 5.97 Å². The summed E-state index contributed by atoms with van der Waals surface area (Å²) >= 11 is 5.97. The number of nitrogens with zero attached hydrogens (tertiary/aromatic N) is 1. The van der Waals surface area contributed by atoms with Crippen LogP contribution in [0.15, 0.2) is 60.7 Å². The van der Waals surface area contributed by atoms with Crippen LogP contribution in [0.5, 0.6) is 0 Å². The second-order valence-electron chi connectivity index (χ2n) is 6.92. The first-order chi connectivity index (χ1) is 13.8. The Kier molecular flexibility index (Phi) is 6.39. The number of halogens is 1. The van der Waals surface area contributed by atoms with Crippen LogP contribution in [0.1, 0.15) is 40.3 Å². The molecule has 0 saturated carbocycles. The highest BCUT2D eigenvalue weighted by atomic mass is 35.5. The summed E-state index contributed by atoms with van der Waals surface area (Å²) < 4.78 is 7.24. The molecule has 3 rings (SSSR count). The van der Waals surface area contributed by atoms with Crippen LogP contribution in [-0.2, 0) is 9.53 Å². The minimum absolute atomic E-state index is 0.243. The molecule has 5 nitrogen and oxygen atoms in total. The number of hydrogen-bond acceptors (Lipinski definition) is 3. The van der Waals surface area contributed by atoms with Gasteiger partial charge in [0.1, 0.15) is 0 Å². The lowest BCUT2D eigenvalue weighted by Gasteiger charge is -2.15. The first-order valence-corrected chi connectivity index (χ1v) is 9.70. The molecule has 1 N–H and O–H groups in total. The normalized spacial score (nSPS) is 11.7. The molecule has 1 amide bonds. The zero-order chi connectivity index (χ0) is 21.0. The molecule has 0 aliphatic carbocycles. The molecule has 1 atom stereocenters. The van der Waals surface area contributed by atoms with Crippen LogP contribution in [0.2, 0.25) is 5.02 Å². The molecule has 0 bridgehead atoms. The lowest BCUT2D eigenvalue weighted by Crippen LogP contribution is -2.31. The highest BCUT2D eigenvalue weighted by Gasteiger charge is 2.14. The van der Waals surface area contributed by atoms with Crippen molar-refractivity contribution in [1.82, 2.24) is 9.88 Å². The Hall–Kier alpha value is -3.05. The molecule has 0 aliphatic heterocycles. The fourth-order valence-corrected chi connectivity index (χ4v) is 3.38. The Labute approximate surface area is 175 Å². The Bertz CT molecular complexity index is 1010. The van der Waals surface area contributed by atoms with Gasteiger partial charge < -0.3 is 14.6 Å². The van der Waals surface area contributed by atoms with E-state index in [-0.39, 0.29) is 18.6 Å². The first-order valence-electron chi connectivity index (χ1n) is 9.32. The van der Waals surface area contributed by atoms with Crippen molar-refractivity contribution in [3.8, 4) is 5.69 Å². The number of amides is 1. The summed E-state index contributed by atoms with van der Waals surface area (Å²) in [5.41, 5.74) is 4.47. The number of carbonyl (C=O) groups is 2. The van der Waals surface area contributed by atoms with E-state index in [0.717, 1.165) is 22.6 Å². The Morgan fingerprint density at radius 1 is 1.03 bits per heavy atom. The van der Waals surface area contributed by atoms with Crippen LogP contribution in [-0.4, -0.2) is 23.1 Å². The van der Waals surface area contributed by atoms with Gasteiger partial charge in [-0.1, -0.05) is 23.7 Å². The van der Waals surface area contributed by atoms with Gasteiger partial charge in [-0.2, -0.15) is 0 Å². The van der Waals surface area contributed by atoms with Gasteiger partial charge in [-0.15, -0.1) is 0 Å². The molecule has 0 saturated heterocycles. The maximum Gasteiger partial charge on any atom is 0.338 e. The molecule has 6 heteroatoms. The number of esters is 1. The molecule has 0 fully saturated rings. The minimum atomic E-state index is -0.539. The fourth-order valence-electron chi connectivity index (χ4n) is 3.18. The van der Waals surface area contributed by atoms with Gasteiger partial charge in [-0.25, -0.2) is 4.79 Å². The van der Waals surface area contributed by atoms with Gasteiger partial charge >= 0.3 is 5.97 Å². The van der Waals surface area contributed by atoms with E-state index in [4.69, 9.17) is 16.3 Å². The van der Waals surface area contributed by atoms with Crippen molar-refractivity contribution in [3.05, 3.63) is 88.2 Å². The molecule has 0 radical (unpaired) electrons. The number of carbonyl (C=O) groups excluding carboxylic acids is 2. The summed E-state index contributed by atoms with van der Waals surface area (Å²) in [7, 11) is 0. The first kappa shape index (κ1) is 20.7. The van der Waals surface area contributed by atoms with Gasteiger partial charge in [0.2, 0.25) is 0 Å². The summed E-state index contributed by atoms with van der Waals surface area (Å²) in [4.78, 5) is 24.4. The molecule has 0 unspecified atom stereocenters. The quantitative estimate of drug-likeness (QED) is 0.595. The van der Waals surface area contributed by atoms with Gasteiger partial charge in [-0.05, 0) is 74.9 Å². The van der Waals surface area contributed by atoms with Crippen molar-refractivity contribution >= 4 is 23.5 Å². The smallest absolute Gasteiger partial charge is 0.338 e. The summed E-state index contributed by atoms with van der Waals surface area (Å²) in [6.45, 7) is 5.55. The van der Waals surface area contributed by atoms with Crippen LogP contribution < -0.4 is 5.32 Å². The van der Waals surface area contributed by atoms with Gasteiger partial charge in [0, 0.05) is 22.1 Å². The topological polar surface area (TPSA) is 60.3 Å². The highest BCUT2D eigenvalue weighted by molar-refractivity contribution is 6.30. The fraction of sp³-hybridized carbons (Fsp3) is 0.217. The molecule has 2 aromatic carbocycles. The zero-order valence-corrected chi connectivity index (χ0v) is 17.4. The van der Waals surface area contributed by atoms with E-state index in [1.54, 1.807) is 24.3 Å². The van der Waals surface area contributed by atoms with Crippen LogP contribution >= 0.6 is 11.6 Å². The van der Waals surface area contributed by atoms with E-state index in [2.05, 4.69) is 9.88 Å². The number of benzene rings is 2. The number of aryl methyl sites for hydroxylation is 2. The van der Waals surface area contributed by atoms with Gasteiger partial charge in [0.05, 0.1) is 11.6 Å². The SMILES string of the molecule is Cc1ccc(C)n1-c1ccc(C(=O)OCC(=O)N[C@H](C)c2cccc(Cl)c2)cc1. The van der Waals surface area contributed by atoms with Crippen LogP contribution in [0.4, 0.5) is 0 Å². The standard InChI is InChI=1S/C23H23ClN2O3/c1-15-7-8-16(2)26(15)21-11-9-18(10-12-21)23(28)29-14-22(27)25-17(3)19-5-4-6-20(24)13-19/h4-13,17H,14H2,1-3H3,(H,25,27)/t17-/m1/s1. The third-order valence-corrected chi connectivity index (χ3v) is 4.93. The monoisotopic (exact) mass is 410 g/mol. The zero-order valence-electron chi connectivity index (χ0n) is 16.6. The second kappa shape index (κ2) is 8.97. The van der Waals surface area contributed by atoms with Crippen LogP contribution in [0.25, 0.3) is 5.69 Å². The van der Waals surface area contributed by atoms with Gasteiger partial charge in [-0.3, -0.25) is 4.79 Å². The molecule has 150 valence electrons. The highest BCUT2D eigenvalue weighted by Crippen LogP contribution is 2.18. The van der Waals surface area contributed by atoms with Crippen molar-refractivity contribution in [3.63, 3.8) is 0 Å². The predicted octanol–water partition coefficient (Wildman–Crippen LogP) is 4.78. The lowest BCUT2D eigenvalue weighted by molar-refractivity contribution is -0.124. The van der Waals surface area contributed by atoms with Crippen LogP contribution in [0.3, 0.4) is 0 Å². The third kappa shape index (κ3) is 5.06. The number of rotatable bonds is 6. The lowest BCUT2D eigenvalue weighted by atomic mass is 10.1. The molecule has 0 spiro atoms. The number of ether oxygens (including phenoxy) is 1.